The number of aryl methyl sites for hydroxylation is 1. The van der Waals surface area contributed by atoms with Crippen LogP contribution in [0, 0.1) is 0 Å². The molecule has 0 amide bonds. The first kappa shape index (κ1) is 13.4. The fourth-order valence-corrected chi connectivity index (χ4v) is 2.70. The van der Waals surface area contributed by atoms with Crippen LogP contribution in [0.5, 0.6) is 0 Å². The number of carbonyl (C=O) groups is 1. The van der Waals surface area contributed by atoms with Gasteiger partial charge >= 0.3 is 5.97 Å². The predicted molar refractivity (Wildman–Crippen MR) is 85.0 cm³/mol. The van der Waals surface area contributed by atoms with Crippen LogP contribution in [-0.2, 0) is 11.2 Å². The average Bonchev–Trinajstić information content (AvgIpc) is 2.53. The molecule has 104 valence electrons. The van der Waals surface area contributed by atoms with Crippen LogP contribution >= 0.6 is 0 Å². The molecule has 0 aromatic heterocycles. The summed E-state index contributed by atoms with van der Waals surface area (Å²) >= 11 is 0. The van der Waals surface area contributed by atoms with Crippen molar-refractivity contribution in [2.45, 2.75) is 12.8 Å². The van der Waals surface area contributed by atoms with Gasteiger partial charge in [-0.2, -0.15) is 0 Å². The van der Waals surface area contributed by atoms with Crippen LogP contribution in [0.25, 0.3) is 11.6 Å². The molecule has 0 radical (unpaired) electrons. The second-order valence-electron chi connectivity index (χ2n) is 5.11. The first-order valence-corrected chi connectivity index (χ1v) is 7.04. The molecule has 21 heavy (non-hydrogen) atoms. The van der Waals surface area contributed by atoms with E-state index in [1.165, 1.54) is 22.3 Å². The average molecular weight is 276 g/mol. The summed E-state index contributed by atoms with van der Waals surface area (Å²) in [5.74, 6) is -0.928. The van der Waals surface area contributed by atoms with Gasteiger partial charge in [0.15, 0.2) is 0 Å². The molecule has 2 aromatic rings. The Hall–Kier alpha value is -2.61. The highest BCUT2D eigenvalue weighted by Gasteiger charge is 2.13. The van der Waals surface area contributed by atoms with Gasteiger partial charge in [-0.1, -0.05) is 54.6 Å². The summed E-state index contributed by atoms with van der Waals surface area (Å²) in [6.07, 6.45) is 7.20. The van der Waals surface area contributed by atoms with Gasteiger partial charge in [0.2, 0.25) is 0 Å². The van der Waals surface area contributed by atoms with Gasteiger partial charge in [0.1, 0.15) is 0 Å². The molecule has 0 atom stereocenters. The fourth-order valence-electron chi connectivity index (χ4n) is 2.70. The highest BCUT2D eigenvalue weighted by molar-refractivity contribution is 5.86. The molecular weight excluding hydrogens is 260 g/mol. The third kappa shape index (κ3) is 2.95. The second kappa shape index (κ2) is 5.80. The Labute approximate surface area is 124 Å². The zero-order valence-corrected chi connectivity index (χ0v) is 11.6. The minimum atomic E-state index is -0.928. The van der Waals surface area contributed by atoms with Crippen molar-refractivity contribution >= 4 is 17.6 Å². The van der Waals surface area contributed by atoms with Gasteiger partial charge < -0.3 is 5.11 Å². The standard InChI is InChI=1S/C19H16O2/c20-19(21)13-10-14-8-11-16(12-9-14)18-7-3-5-15-4-1-2-6-17(15)18/h1-2,4,6-13H,3,5H2,(H,20,21)/b13-10+. The minimum Gasteiger partial charge on any atom is -0.478 e. The number of aliphatic carboxylic acids is 1. The molecule has 0 fully saturated rings. The van der Waals surface area contributed by atoms with Crippen LogP contribution in [0.15, 0.2) is 60.7 Å². The summed E-state index contributed by atoms with van der Waals surface area (Å²) in [5, 5.41) is 8.65. The number of fused-ring (bicyclic) bond motifs is 1. The summed E-state index contributed by atoms with van der Waals surface area (Å²) in [5.41, 5.74) is 6.04. The van der Waals surface area contributed by atoms with E-state index < -0.39 is 5.97 Å². The molecule has 0 spiro atoms. The van der Waals surface area contributed by atoms with Crippen LogP contribution in [0.1, 0.15) is 28.7 Å². The molecule has 0 saturated carbocycles. The van der Waals surface area contributed by atoms with Gasteiger partial charge in [-0.25, -0.2) is 4.79 Å². The van der Waals surface area contributed by atoms with Crippen molar-refractivity contribution in [3.8, 4) is 0 Å². The van der Waals surface area contributed by atoms with E-state index in [2.05, 4.69) is 42.5 Å². The van der Waals surface area contributed by atoms with Crippen molar-refractivity contribution in [1.29, 1.82) is 0 Å². The number of rotatable bonds is 3. The fraction of sp³-hybridized carbons (Fsp3) is 0.105. The SMILES string of the molecule is O=C(O)/C=C/c1ccc(C2=CCCc3ccccc32)cc1. The Morgan fingerprint density at radius 2 is 1.81 bits per heavy atom. The van der Waals surface area contributed by atoms with Gasteiger partial charge in [-0.3, -0.25) is 0 Å². The maximum Gasteiger partial charge on any atom is 0.328 e. The zero-order chi connectivity index (χ0) is 14.7. The third-order valence-corrected chi connectivity index (χ3v) is 3.71. The molecule has 2 heteroatoms. The zero-order valence-electron chi connectivity index (χ0n) is 11.6. The van der Waals surface area contributed by atoms with E-state index in [1.807, 2.05) is 12.1 Å². The third-order valence-electron chi connectivity index (χ3n) is 3.71. The molecule has 0 heterocycles. The van der Waals surface area contributed by atoms with Crippen molar-refractivity contribution in [2.24, 2.45) is 0 Å². The lowest BCUT2D eigenvalue weighted by molar-refractivity contribution is -0.131. The maximum atomic E-state index is 10.5. The number of carboxylic acids is 1. The normalized spacial score (nSPS) is 13.8. The van der Waals surface area contributed by atoms with Crippen molar-refractivity contribution in [2.75, 3.05) is 0 Å². The topological polar surface area (TPSA) is 37.3 Å². The molecule has 3 rings (SSSR count). The van der Waals surface area contributed by atoms with Gasteiger partial charge in [0, 0.05) is 6.08 Å². The van der Waals surface area contributed by atoms with Crippen molar-refractivity contribution in [3.05, 3.63) is 82.9 Å². The van der Waals surface area contributed by atoms with Crippen LogP contribution in [0.2, 0.25) is 0 Å². The first-order valence-electron chi connectivity index (χ1n) is 7.04. The van der Waals surface area contributed by atoms with E-state index in [4.69, 9.17) is 5.11 Å². The molecule has 1 N–H and O–H groups in total. The number of allylic oxidation sites excluding steroid dienone is 1. The molecule has 0 unspecified atom stereocenters. The van der Waals surface area contributed by atoms with E-state index in [1.54, 1.807) is 6.08 Å². The largest absolute Gasteiger partial charge is 0.478 e. The Morgan fingerprint density at radius 3 is 2.57 bits per heavy atom. The molecular formula is C19H16O2. The van der Waals surface area contributed by atoms with E-state index in [0.29, 0.717) is 0 Å². The summed E-state index contributed by atoms with van der Waals surface area (Å²) in [7, 11) is 0. The van der Waals surface area contributed by atoms with Crippen molar-refractivity contribution < 1.29 is 9.90 Å². The van der Waals surface area contributed by atoms with Crippen LogP contribution in [0.4, 0.5) is 0 Å². The Bertz CT molecular complexity index is 721. The lowest BCUT2D eigenvalue weighted by atomic mass is 9.87. The van der Waals surface area contributed by atoms with E-state index in [0.717, 1.165) is 24.5 Å². The predicted octanol–water partition coefficient (Wildman–Crippen LogP) is 4.16. The second-order valence-corrected chi connectivity index (χ2v) is 5.11. The molecule has 0 aliphatic heterocycles. The van der Waals surface area contributed by atoms with E-state index in [9.17, 15) is 4.79 Å². The van der Waals surface area contributed by atoms with Gasteiger partial charge in [-0.15, -0.1) is 0 Å². The van der Waals surface area contributed by atoms with Gasteiger partial charge in [0.05, 0.1) is 0 Å². The molecule has 0 bridgehead atoms. The molecule has 0 saturated heterocycles. The van der Waals surface area contributed by atoms with E-state index >= 15 is 0 Å². The Balaban J connectivity index is 1.91. The monoisotopic (exact) mass is 276 g/mol. The minimum absolute atomic E-state index is 0.894. The lowest BCUT2D eigenvalue weighted by Crippen LogP contribution is -2.00. The van der Waals surface area contributed by atoms with Crippen molar-refractivity contribution in [1.82, 2.24) is 0 Å². The van der Waals surface area contributed by atoms with Crippen LogP contribution < -0.4 is 0 Å². The molecule has 1 aliphatic carbocycles. The lowest BCUT2D eigenvalue weighted by Gasteiger charge is -2.18. The van der Waals surface area contributed by atoms with E-state index in [-0.39, 0.29) is 0 Å². The molecule has 1 aliphatic rings. The number of hydrogen-bond acceptors (Lipinski definition) is 1. The highest BCUT2D eigenvalue weighted by Crippen LogP contribution is 2.31. The summed E-state index contributed by atoms with van der Waals surface area (Å²) in [6, 6.07) is 16.5. The maximum absolute atomic E-state index is 10.5. The van der Waals surface area contributed by atoms with Crippen LogP contribution in [0.3, 0.4) is 0 Å². The van der Waals surface area contributed by atoms with Gasteiger partial charge in [0.25, 0.3) is 0 Å². The van der Waals surface area contributed by atoms with Crippen LogP contribution in [-0.4, -0.2) is 11.1 Å². The molecule has 2 aromatic carbocycles. The first-order chi connectivity index (χ1) is 10.2. The molecule has 2 nitrogen and oxygen atoms in total. The summed E-state index contributed by atoms with van der Waals surface area (Å²) < 4.78 is 0. The van der Waals surface area contributed by atoms with Crippen molar-refractivity contribution in [3.63, 3.8) is 0 Å². The Kier molecular flexibility index (Phi) is 3.69. The number of carboxylic acid groups (broad SMARTS) is 1. The number of hydrogen-bond donors (Lipinski definition) is 1. The number of benzene rings is 2. The quantitative estimate of drug-likeness (QED) is 0.855. The smallest absolute Gasteiger partial charge is 0.328 e. The van der Waals surface area contributed by atoms with Gasteiger partial charge in [-0.05, 0) is 46.7 Å². The Morgan fingerprint density at radius 1 is 1.05 bits per heavy atom. The summed E-state index contributed by atoms with van der Waals surface area (Å²) in [4.78, 5) is 10.5. The highest BCUT2D eigenvalue weighted by atomic mass is 16.4. The summed E-state index contributed by atoms with van der Waals surface area (Å²) in [6.45, 7) is 0.